The van der Waals surface area contributed by atoms with Gasteiger partial charge in [0.05, 0.1) is 27.3 Å². The summed E-state index contributed by atoms with van der Waals surface area (Å²) < 4.78 is 38.5. The van der Waals surface area contributed by atoms with Gasteiger partial charge in [0.15, 0.2) is 5.82 Å². The number of benzene rings is 5. The Morgan fingerprint density at radius 2 is 1.67 bits per heavy atom. The summed E-state index contributed by atoms with van der Waals surface area (Å²) in [6.07, 6.45) is 9.69. The van der Waals surface area contributed by atoms with Gasteiger partial charge in [-0.3, -0.25) is 14.8 Å². The van der Waals surface area contributed by atoms with E-state index >= 15 is 0 Å². The van der Waals surface area contributed by atoms with Crippen LogP contribution in [0.3, 0.4) is 0 Å². The number of sulfonamides is 1. The van der Waals surface area contributed by atoms with Gasteiger partial charge in [0.2, 0.25) is 0 Å². The Morgan fingerprint density at radius 3 is 2.41 bits per heavy atom. The molecule has 0 radical (unpaired) electrons. The van der Waals surface area contributed by atoms with Gasteiger partial charge < -0.3 is 19.5 Å². The molecule has 61 heavy (non-hydrogen) atoms. The fourth-order valence-electron chi connectivity index (χ4n) is 7.86. The van der Waals surface area contributed by atoms with Crippen molar-refractivity contribution in [1.82, 2.24) is 19.5 Å². The van der Waals surface area contributed by atoms with E-state index < -0.39 is 14.9 Å². The molecule has 1 saturated heterocycles. The van der Waals surface area contributed by atoms with Crippen molar-refractivity contribution in [2.45, 2.75) is 53.7 Å². The summed E-state index contributed by atoms with van der Waals surface area (Å²) in [6.45, 7) is 2.17. The van der Waals surface area contributed by atoms with Crippen LogP contribution < -0.4 is 14.9 Å². The number of hydrogen-bond donors (Lipinski definition) is 2. The van der Waals surface area contributed by atoms with Crippen molar-refractivity contribution in [1.29, 1.82) is 0 Å². The largest absolute Gasteiger partial charge is 0.378 e. The summed E-state index contributed by atoms with van der Waals surface area (Å²) >= 11 is 1.64. The number of nitrogens with zero attached hydrogens (tertiary/aromatic N) is 6. The number of imidazole rings is 1. The molecule has 1 atom stereocenters. The Labute approximate surface area is 359 Å². The second-order valence-electron chi connectivity index (χ2n) is 15.1. The molecule has 1 fully saturated rings. The number of rotatable bonds is 17. The standard InChI is InChI=1S/C46H46N8O5S2/c1-59-46(30-35-12-8-9-15-40(35)34-10-4-2-5-11-34)21-25-53(26-22-46)37-16-18-41-43(28-37)48-32-49-45(41)51-61(57,58)39-17-19-42(44(29-39)54(55)56)50-36(20-24-52-27-23-47-33-52)31-60-38-13-6-3-7-14-38/h2-19,23,27-29,32-33,36,50H,20-22,24-26,30-31H2,1H3,(H,48,49,51). The van der Waals surface area contributed by atoms with Crippen LogP contribution in [-0.2, 0) is 27.7 Å². The van der Waals surface area contributed by atoms with Gasteiger partial charge in [0.25, 0.3) is 15.7 Å². The molecule has 312 valence electrons. The Kier molecular flexibility index (Phi) is 12.6. The van der Waals surface area contributed by atoms with Gasteiger partial charge in [0, 0.05) is 79.4 Å². The first kappa shape index (κ1) is 41.4. The van der Waals surface area contributed by atoms with Gasteiger partial charge in [-0.2, -0.15) is 0 Å². The minimum atomic E-state index is -4.30. The van der Waals surface area contributed by atoms with Crippen LogP contribution in [-0.4, -0.2) is 70.5 Å². The lowest BCUT2D eigenvalue weighted by atomic mass is 9.82. The first-order valence-electron chi connectivity index (χ1n) is 20.1. The third-order valence-corrected chi connectivity index (χ3v) is 13.8. The third-order valence-electron chi connectivity index (χ3n) is 11.3. The maximum atomic E-state index is 13.8. The fraction of sp³-hybridized carbons (Fsp3) is 0.239. The topological polar surface area (TPSA) is 157 Å². The molecule has 15 heteroatoms. The summed E-state index contributed by atoms with van der Waals surface area (Å²) in [5, 5.41) is 16.2. The number of methoxy groups -OCH3 is 1. The van der Waals surface area contributed by atoms with Crippen molar-refractivity contribution in [3.63, 3.8) is 0 Å². The number of nitrogens with one attached hydrogen (secondary N) is 2. The molecule has 0 spiro atoms. The number of fused-ring (bicyclic) bond motifs is 1. The van der Waals surface area contributed by atoms with Crippen LogP contribution in [0.2, 0.25) is 0 Å². The van der Waals surface area contributed by atoms with Crippen LogP contribution in [0.5, 0.6) is 0 Å². The predicted molar refractivity (Wildman–Crippen MR) is 242 cm³/mol. The van der Waals surface area contributed by atoms with E-state index in [4.69, 9.17) is 4.74 Å². The van der Waals surface area contributed by atoms with Crippen LogP contribution >= 0.6 is 11.8 Å². The quantitative estimate of drug-likeness (QED) is 0.0512. The van der Waals surface area contributed by atoms with Gasteiger partial charge in [-0.05, 0) is 78.4 Å². The number of aromatic nitrogens is 4. The lowest BCUT2D eigenvalue weighted by Crippen LogP contribution is -2.47. The van der Waals surface area contributed by atoms with E-state index in [1.807, 2.05) is 65.4 Å². The highest BCUT2D eigenvalue weighted by atomic mass is 32.2. The summed E-state index contributed by atoms with van der Waals surface area (Å²) in [6, 6.07) is 38.2. The van der Waals surface area contributed by atoms with E-state index in [2.05, 4.69) is 78.4 Å². The molecule has 5 aromatic carbocycles. The average molecular weight is 855 g/mol. The molecule has 0 amide bonds. The molecule has 1 aliphatic rings. The Bertz CT molecular complexity index is 2700. The summed E-state index contributed by atoms with van der Waals surface area (Å²) in [4.78, 5) is 27.8. The van der Waals surface area contributed by atoms with E-state index in [0.29, 0.717) is 29.6 Å². The summed E-state index contributed by atoms with van der Waals surface area (Å²) in [5.41, 5.74) is 4.73. The lowest BCUT2D eigenvalue weighted by Gasteiger charge is -2.42. The van der Waals surface area contributed by atoms with E-state index in [-0.39, 0.29) is 33.7 Å². The number of anilines is 3. The number of aryl methyl sites for hydroxylation is 1. The molecule has 8 rings (SSSR count). The number of nitro groups is 1. The van der Waals surface area contributed by atoms with E-state index in [1.54, 1.807) is 31.4 Å². The van der Waals surface area contributed by atoms with E-state index in [0.717, 1.165) is 49.0 Å². The van der Waals surface area contributed by atoms with Crippen molar-refractivity contribution >= 4 is 55.6 Å². The zero-order chi connectivity index (χ0) is 42.2. The third kappa shape index (κ3) is 9.86. The van der Waals surface area contributed by atoms with E-state index in [9.17, 15) is 18.5 Å². The number of piperidine rings is 1. The van der Waals surface area contributed by atoms with Crippen molar-refractivity contribution in [3.8, 4) is 11.1 Å². The van der Waals surface area contributed by atoms with Crippen molar-refractivity contribution in [3.05, 3.63) is 162 Å². The molecule has 0 saturated carbocycles. The van der Waals surface area contributed by atoms with Crippen LogP contribution in [0, 0.1) is 10.1 Å². The Morgan fingerprint density at radius 1 is 0.918 bits per heavy atom. The average Bonchev–Trinajstić information content (AvgIpc) is 3.82. The number of nitro benzene ring substituents is 1. The molecule has 0 aliphatic carbocycles. The minimum Gasteiger partial charge on any atom is -0.378 e. The zero-order valence-electron chi connectivity index (χ0n) is 33.6. The van der Waals surface area contributed by atoms with E-state index in [1.165, 1.54) is 35.2 Å². The summed E-state index contributed by atoms with van der Waals surface area (Å²) in [5.74, 6) is 0.698. The highest BCUT2D eigenvalue weighted by molar-refractivity contribution is 7.99. The molecule has 7 aromatic rings. The first-order valence-corrected chi connectivity index (χ1v) is 22.6. The van der Waals surface area contributed by atoms with Gasteiger partial charge in [-0.1, -0.05) is 72.8 Å². The second-order valence-corrected chi connectivity index (χ2v) is 17.9. The number of hydrogen-bond acceptors (Lipinski definition) is 11. The normalized spacial score (nSPS) is 14.4. The Balaban J connectivity index is 0.960. The molecule has 13 nitrogen and oxygen atoms in total. The van der Waals surface area contributed by atoms with Gasteiger partial charge in [0.1, 0.15) is 12.0 Å². The van der Waals surface area contributed by atoms with Gasteiger partial charge >= 0.3 is 0 Å². The maximum absolute atomic E-state index is 13.8. The zero-order valence-corrected chi connectivity index (χ0v) is 35.3. The maximum Gasteiger partial charge on any atom is 0.293 e. The van der Waals surface area contributed by atoms with Crippen LogP contribution in [0.4, 0.5) is 22.9 Å². The van der Waals surface area contributed by atoms with Crippen molar-refractivity contribution in [2.24, 2.45) is 0 Å². The number of thioether (sulfide) groups is 1. The summed E-state index contributed by atoms with van der Waals surface area (Å²) in [7, 11) is -2.50. The molecule has 1 unspecified atom stereocenters. The smallest absolute Gasteiger partial charge is 0.293 e. The van der Waals surface area contributed by atoms with Gasteiger partial charge in [-0.15, -0.1) is 11.8 Å². The van der Waals surface area contributed by atoms with Crippen LogP contribution in [0.15, 0.2) is 156 Å². The Hall–Kier alpha value is -6.29. The molecule has 2 aromatic heterocycles. The predicted octanol–water partition coefficient (Wildman–Crippen LogP) is 9.09. The molecular formula is C46H46N8O5S2. The van der Waals surface area contributed by atoms with Gasteiger partial charge in [-0.25, -0.2) is 23.4 Å². The molecule has 3 heterocycles. The fourth-order valence-corrected chi connectivity index (χ4v) is 9.90. The van der Waals surface area contributed by atoms with Crippen molar-refractivity contribution < 1.29 is 18.1 Å². The molecule has 2 N–H and O–H groups in total. The lowest BCUT2D eigenvalue weighted by molar-refractivity contribution is -0.384. The highest BCUT2D eigenvalue weighted by Crippen LogP contribution is 2.37. The monoisotopic (exact) mass is 854 g/mol. The second kappa shape index (κ2) is 18.5. The van der Waals surface area contributed by atoms with Crippen LogP contribution in [0.1, 0.15) is 24.8 Å². The SMILES string of the molecule is COC1(Cc2ccccc2-c2ccccc2)CCN(c2ccc3c(NS(=O)(=O)c4ccc(NC(CCn5ccnc5)CSc5ccccc5)c([N+](=O)[O-])c4)ncnc3c2)CC1. The minimum absolute atomic E-state index is 0.0769. The molecule has 0 bridgehead atoms. The highest BCUT2D eigenvalue weighted by Gasteiger charge is 2.36. The van der Waals surface area contributed by atoms with Crippen LogP contribution in [0.25, 0.3) is 22.0 Å². The first-order chi connectivity index (χ1) is 29.7. The molecule has 1 aliphatic heterocycles. The molecular weight excluding hydrogens is 809 g/mol. The number of ether oxygens (including phenoxy) is 1. The van der Waals surface area contributed by atoms with Crippen molar-refractivity contribution in [2.75, 3.05) is 40.9 Å².